The van der Waals surface area contributed by atoms with Crippen molar-refractivity contribution in [3.63, 3.8) is 0 Å². The number of morpholine rings is 1. The number of carbonyl (C=O) groups is 1. The van der Waals surface area contributed by atoms with Crippen LogP contribution in [0.25, 0.3) is 6.08 Å². The second kappa shape index (κ2) is 12.0. The molecule has 2 heterocycles. The first-order valence-corrected chi connectivity index (χ1v) is 12.8. The smallest absolute Gasteiger partial charge is 0.246 e. The van der Waals surface area contributed by atoms with Gasteiger partial charge in [-0.05, 0) is 55.5 Å². The van der Waals surface area contributed by atoms with Gasteiger partial charge in [-0.15, -0.1) is 0 Å². The molecule has 2 fully saturated rings. The topological polar surface area (TPSA) is 82.5 Å². The molecular weight excluding hydrogens is 456 g/mol. The lowest BCUT2D eigenvalue weighted by Crippen LogP contribution is -2.46. The SMILES string of the molecule is Cc1ccc(C2(O)CCN(CC(O)COc3ccccc3C=CC(=O)N3CCOCC3)CC2)cc1C. The maximum Gasteiger partial charge on any atom is 0.246 e. The molecule has 7 nitrogen and oxygen atoms in total. The standard InChI is InChI=1S/C29H38N2O5/c1-22-7-9-25(19-23(22)2)29(34)11-13-30(14-12-29)20-26(32)21-36-27-6-4-3-5-24(27)8-10-28(33)31-15-17-35-18-16-31/h3-10,19,26,32,34H,11-18,20-21H2,1-2H3. The molecule has 1 unspecified atom stereocenters. The predicted molar refractivity (Wildman–Crippen MR) is 140 cm³/mol. The van der Waals surface area contributed by atoms with Crippen LogP contribution in [0.5, 0.6) is 5.75 Å². The van der Waals surface area contributed by atoms with E-state index in [0.717, 1.165) is 11.1 Å². The quantitative estimate of drug-likeness (QED) is 0.550. The lowest BCUT2D eigenvalue weighted by molar-refractivity contribution is -0.129. The number of nitrogens with zero attached hydrogens (tertiary/aromatic N) is 2. The summed E-state index contributed by atoms with van der Waals surface area (Å²) in [6, 6.07) is 13.7. The van der Waals surface area contributed by atoms with Crippen molar-refractivity contribution >= 4 is 12.0 Å². The van der Waals surface area contributed by atoms with Crippen molar-refractivity contribution in [2.45, 2.75) is 38.4 Å². The minimum Gasteiger partial charge on any atom is -0.490 e. The number of ether oxygens (including phenoxy) is 2. The Morgan fingerprint density at radius 3 is 2.53 bits per heavy atom. The summed E-state index contributed by atoms with van der Waals surface area (Å²) >= 11 is 0. The number of para-hydroxylation sites is 1. The average molecular weight is 495 g/mol. The summed E-state index contributed by atoms with van der Waals surface area (Å²) in [5.41, 5.74) is 3.37. The molecule has 2 aliphatic rings. The first-order valence-electron chi connectivity index (χ1n) is 12.8. The summed E-state index contributed by atoms with van der Waals surface area (Å²) in [5, 5.41) is 21.8. The number of aryl methyl sites for hydroxylation is 2. The number of benzene rings is 2. The van der Waals surface area contributed by atoms with Crippen molar-refractivity contribution in [3.05, 3.63) is 70.8 Å². The molecule has 194 valence electrons. The van der Waals surface area contributed by atoms with Crippen LogP contribution in [0.3, 0.4) is 0 Å². The zero-order valence-corrected chi connectivity index (χ0v) is 21.4. The lowest BCUT2D eigenvalue weighted by Gasteiger charge is -2.39. The second-order valence-corrected chi connectivity index (χ2v) is 9.90. The number of amides is 1. The van der Waals surface area contributed by atoms with Gasteiger partial charge >= 0.3 is 0 Å². The van der Waals surface area contributed by atoms with Gasteiger partial charge in [-0.1, -0.05) is 36.4 Å². The molecule has 0 saturated carbocycles. The average Bonchev–Trinajstić information content (AvgIpc) is 2.90. The van der Waals surface area contributed by atoms with Crippen LogP contribution >= 0.6 is 0 Å². The first-order chi connectivity index (χ1) is 17.3. The first kappa shape index (κ1) is 26.4. The summed E-state index contributed by atoms with van der Waals surface area (Å²) in [6.07, 6.45) is 3.93. The fourth-order valence-corrected chi connectivity index (χ4v) is 4.76. The van der Waals surface area contributed by atoms with Gasteiger partial charge in [0, 0.05) is 44.4 Å². The molecule has 7 heteroatoms. The molecule has 36 heavy (non-hydrogen) atoms. The third kappa shape index (κ3) is 6.73. The molecule has 0 bridgehead atoms. The van der Waals surface area contributed by atoms with Crippen molar-refractivity contribution in [1.82, 2.24) is 9.80 Å². The van der Waals surface area contributed by atoms with E-state index in [0.29, 0.717) is 64.5 Å². The van der Waals surface area contributed by atoms with Crippen molar-refractivity contribution in [2.24, 2.45) is 0 Å². The molecular formula is C29H38N2O5. The zero-order valence-electron chi connectivity index (χ0n) is 21.4. The molecule has 2 aromatic carbocycles. The fraction of sp³-hybridized carbons (Fsp3) is 0.483. The van der Waals surface area contributed by atoms with E-state index in [1.165, 1.54) is 11.1 Å². The van der Waals surface area contributed by atoms with E-state index in [9.17, 15) is 15.0 Å². The van der Waals surface area contributed by atoms with Crippen molar-refractivity contribution in [3.8, 4) is 5.75 Å². The highest BCUT2D eigenvalue weighted by atomic mass is 16.5. The Morgan fingerprint density at radius 1 is 1.08 bits per heavy atom. The van der Waals surface area contributed by atoms with Gasteiger partial charge in [0.05, 0.1) is 18.8 Å². The molecule has 0 radical (unpaired) electrons. The number of hydrogen-bond donors (Lipinski definition) is 2. The number of β-amino-alcohol motifs (C(OH)–C–C–N with tert-alkyl or cyclic N) is 1. The number of aliphatic hydroxyl groups is 2. The Bertz CT molecular complexity index is 1060. The molecule has 2 N–H and O–H groups in total. The van der Waals surface area contributed by atoms with E-state index in [-0.39, 0.29) is 12.5 Å². The summed E-state index contributed by atoms with van der Waals surface area (Å²) < 4.78 is 11.2. The Labute approximate surface area is 213 Å². The summed E-state index contributed by atoms with van der Waals surface area (Å²) in [6.45, 7) is 8.55. The van der Waals surface area contributed by atoms with Crippen LogP contribution in [0.4, 0.5) is 0 Å². The number of aliphatic hydroxyl groups excluding tert-OH is 1. The van der Waals surface area contributed by atoms with E-state index in [1.54, 1.807) is 17.1 Å². The van der Waals surface area contributed by atoms with E-state index in [1.807, 2.05) is 30.3 Å². The maximum absolute atomic E-state index is 12.4. The van der Waals surface area contributed by atoms with E-state index < -0.39 is 11.7 Å². The van der Waals surface area contributed by atoms with E-state index in [2.05, 4.69) is 30.9 Å². The van der Waals surface area contributed by atoms with Crippen molar-refractivity contribution < 1.29 is 24.5 Å². The second-order valence-electron chi connectivity index (χ2n) is 9.90. The number of carbonyl (C=O) groups excluding carboxylic acids is 1. The Morgan fingerprint density at radius 2 is 1.81 bits per heavy atom. The molecule has 0 aliphatic carbocycles. The van der Waals surface area contributed by atoms with Crippen molar-refractivity contribution in [1.29, 1.82) is 0 Å². The Balaban J connectivity index is 1.26. The summed E-state index contributed by atoms with van der Waals surface area (Å²) in [4.78, 5) is 16.4. The largest absolute Gasteiger partial charge is 0.490 e. The minimum absolute atomic E-state index is 0.0426. The monoisotopic (exact) mass is 494 g/mol. The van der Waals surface area contributed by atoms with Crippen LogP contribution < -0.4 is 4.74 Å². The number of piperidine rings is 1. The van der Waals surface area contributed by atoms with Crippen LogP contribution in [0.1, 0.15) is 35.1 Å². The van der Waals surface area contributed by atoms with Crippen molar-refractivity contribution in [2.75, 3.05) is 52.5 Å². The van der Waals surface area contributed by atoms with Crippen LogP contribution in [-0.2, 0) is 15.1 Å². The normalized spacial score (nSPS) is 19.4. The maximum atomic E-state index is 12.4. The number of rotatable bonds is 8. The van der Waals surface area contributed by atoms with Gasteiger partial charge in [0.1, 0.15) is 18.5 Å². The van der Waals surface area contributed by atoms with Gasteiger partial charge in [-0.3, -0.25) is 4.79 Å². The third-order valence-electron chi connectivity index (χ3n) is 7.27. The molecule has 0 aromatic heterocycles. The highest BCUT2D eigenvalue weighted by molar-refractivity contribution is 5.92. The number of likely N-dealkylation sites (tertiary alicyclic amines) is 1. The van der Waals surface area contributed by atoms with E-state index >= 15 is 0 Å². The van der Waals surface area contributed by atoms with E-state index in [4.69, 9.17) is 9.47 Å². The Hall–Kier alpha value is -2.71. The highest BCUT2D eigenvalue weighted by Crippen LogP contribution is 2.33. The van der Waals surface area contributed by atoms with Gasteiger partial charge in [-0.2, -0.15) is 0 Å². The molecule has 2 aromatic rings. The molecule has 2 aliphatic heterocycles. The molecule has 0 spiro atoms. The van der Waals surface area contributed by atoms with Gasteiger partial charge < -0.3 is 29.5 Å². The summed E-state index contributed by atoms with van der Waals surface area (Å²) in [5.74, 6) is 0.587. The molecule has 1 atom stereocenters. The van der Waals surface area contributed by atoms with Gasteiger partial charge in [0.15, 0.2) is 0 Å². The lowest BCUT2D eigenvalue weighted by atomic mass is 9.83. The van der Waals surface area contributed by atoms with Gasteiger partial charge in [0.2, 0.25) is 5.91 Å². The highest BCUT2D eigenvalue weighted by Gasteiger charge is 2.34. The van der Waals surface area contributed by atoms with Gasteiger partial charge in [-0.25, -0.2) is 0 Å². The summed E-state index contributed by atoms with van der Waals surface area (Å²) in [7, 11) is 0. The van der Waals surface area contributed by atoms with Crippen LogP contribution in [-0.4, -0.2) is 84.6 Å². The molecule has 4 rings (SSSR count). The minimum atomic E-state index is -0.819. The Kier molecular flexibility index (Phi) is 8.80. The van der Waals surface area contributed by atoms with Crippen LogP contribution in [0.15, 0.2) is 48.5 Å². The predicted octanol–water partition coefficient (Wildman–Crippen LogP) is 2.90. The van der Waals surface area contributed by atoms with Crippen LogP contribution in [0.2, 0.25) is 0 Å². The zero-order chi connectivity index (χ0) is 25.5. The van der Waals surface area contributed by atoms with Crippen LogP contribution in [0, 0.1) is 13.8 Å². The fourth-order valence-electron chi connectivity index (χ4n) is 4.76. The van der Waals surface area contributed by atoms with Gasteiger partial charge in [0.25, 0.3) is 0 Å². The number of hydrogen-bond acceptors (Lipinski definition) is 6. The molecule has 1 amide bonds. The molecule has 2 saturated heterocycles. The third-order valence-corrected chi connectivity index (χ3v) is 7.27.